The maximum absolute atomic E-state index is 12.7. The Bertz CT molecular complexity index is 1100. The summed E-state index contributed by atoms with van der Waals surface area (Å²) in [5.74, 6) is 0.363. The lowest BCUT2D eigenvalue weighted by Gasteiger charge is -2.23. The summed E-state index contributed by atoms with van der Waals surface area (Å²) in [7, 11) is 0. The SMILES string of the molecule is CCc1cncc(-c2c[nH]c(=O)c(NC(=O)c3ccc(OC4CCNCC4)cc3)c2)n1. The van der Waals surface area contributed by atoms with Gasteiger partial charge in [-0.2, -0.15) is 0 Å². The summed E-state index contributed by atoms with van der Waals surface area (Å²) in [5, 5.41) is 5.99. The van der Waals surface area contributed by atoms with E-state index in [1.807, 2.05) is 6.92 Å². The van der Waals surface area contributed by atoms with Crippen molar-refractivity contribution in [2.75, 3.05) is 18.4 Å². The van der Waals surface area contributed by atoms with Crippen LogP contribution in [0, 0.1) is 0 Å². The Hall–Kier alpha value is -3.52. The van der Waals surface area contributed by atoms with Crippen molar-refractivity contribution in [1.29, 1.82) is 0 Å². The first-order chi connectivity index (χ1) is 15.1. The molecule has 31 heavy (non-hydrogen) atoms. The number of amides is 1. The highest BCUT2D eigenvalue weighted by Crippen LogP contribution is 2.20. The number of aromatic amines is 1. The summed E-state index contributed by atoms with van der Waals surface area (Å²) in [6, 6.07) is 8.56. The fourth-order valence-corrected chi connectivity index (χ4v) is 3.43. The second kappa shape index (κ2) is 9.53. The number of carbonyl (C=O) groups is 1. The first kappa shape index (κ1) is 20.7. The van der Waals surface area contributed by atoms with Crippen LogP contribution in [-0.4, -0.2) is 40.1 Å². The lowest BCUT2D eigenvalue weighted by Crippen LogP contribution is -2.34. The summed E-state index contributed by atoms with van der Waals surface area (Å²) in [4.78, 5) is 36.3. The van der Waals surface area contributed by atoms with Crippen molar-refractivity contribution in [3.63, 3.8) is 0 Å². The Balaban J connectivity index is 1.47. The maximum atomic E-state index is 12.7. The molecule has 3 aromatic rings. The third-order valence-corrected chi connectivity index (χ3v) is 5.20. The fourth-order valence-electron chi connectivity index (χ4n) is 3.43. The third-order valence-electron chi connectivity index (χ3n) is 5.20. The first-order valence-electron chi connectivity index (χ1n) is 10.4. The van der Waals surface area contributed by atoms with E-state index in [0.29, 0.717) is 16.8 Å². The number of piperidine rings is 1. The van der Waals surface area contributed by atoms with Crippen LogP contribution < -0.4 is 20.9 Å². The Labute approximate surface area is 180 Å². The second-order valence-electron chi connectivity index (χ2n) is 7.43. The molecule has 0 radical (unpaired) electrons. The van der Waals surface area contributed by atoms with E-state index in [1.165, 1.54) is 0 Å². The number of nitrogens with one attached hydrogen (secondary N) is 3. The Morgan fingerprint density at radius 1 is 1.19 bits per heavy atom. The molecule has 0 bridgehead atoms. The number of rotatable bonds is 6. The third kappa shape index (κ3) is 5.16. The Morgan fingerprint density at radius 3 is 2.71 bits per heavy atom. The molecule has 8 nitrogen and oxygen atoms in total. The van der Waals surface area contributed by atoms with E-state index in [1.54, 1.807) is 48.9 Å². The van der Waals surface area contributed by atoms with Crippen LogP contribution in [0.2, 0.25) is 0 Å². The van der Waals surface area contributed by atoms with Gasteiger partial charge in [-0.3, -0.25) is 14.6 Å². The van der Waals surface area contributed by atoms with Crippen LogP contribution >= 0.6 is 0 Å². The molecule has 0 saturated carbocycles. The van der Waals surface area contributed by atoms with Gasteiger partial charge in [0.2, 0.25) is 0 Å². The number of anilines is 1. The number of H-pyrrole nitrogens is 1. The highest BCUT2D eigenvalue weighted by Gasteiger charge is 2.15. The monoisotopic (exact) mass is 419 g/mol. The van der Waals surface area contributed by atoms with Gasteiger partial charge in [0, 0.05) is 23.5 Å². The molecule has 1 aliphatic heterocycles. The van der Waals surface area contributed by atoms with E-state index in [9.17, 15) is 9.59 Å². The number of carbonyl (C=O) groups excluding carboxylic acids is 1. The molecule has 3 heterocycles. The number of nitrogens with zero attached hydrogens (tertiary/aromatic N) is 2. The van der Waals surface area contributed by atoms with Gasteiger partial charge in [0.25, 0.3) is 11.5 Å². The smallest absolute Gasteiger partial charge is 0.271 e. The molecule has 3 N–H and O–H groups in total. The fraction of sp³-hybridized carbons (Fsp3) is 0.304. The minimum absolute atomic E-state index is 0.154. The predicted molar refractivity (Wildman–Crippen MR) is 118 cm³/mol. The topological polar surface area (TPSA) is 109 Å². The van der Waals surface area contributed by atoms with Crippen LogP contribution in [0.3, 0.4) is 0 Å². The summed E-state index contributed by atoms with van der Waals surface area (Å²) in [5.41, 5.74) is 2.36. The van der Waals surface area contributed by atoms with E-state index < -0.39 is 0 Å². The minimum atomic E-state index is -0.387. The van der Waals surface area contributed by atoms with Gasteiger partial charge in [-0.05, 0) is 62.7 Å². The number of aryl methyl sites for hydroxylation is 1. The number of benzene rings is 1. The summed E-state index contributed by atoms with van der Waals surface area (Å²) in [6.07, 6.45) is 7.77. The van der Waals surface area contributed by atoms with Crippen molar-refractivity contribution in [1.82, 2.24) is 20.3 Å². The van der Waals surface area contributed by atoms with E-state index in [-0.39, 0.29) is 23.3 Å². The average Bonchev–Trinajstić information content (AvgIpc) is 2.81. The largest absolute Gasteiger partial charge is 0.490 e. The number of hydrogen-bond acceptors (Lipinski definition) is 6. The standard InChI is InChI=1S/C23H25N5O3/c1-2-17-13-25-14-21(27-17)16-11-20(23(30)26-12-16)28-22(29)15-3-5-18(6-4-15)31-19-7-9-24-10-8-19/h3-6,11-14,19,24H,2,7-10H2,1H3,(H,26,30)(H,28,29). The van der Waals surface area contributed by atoms with Gasteiger partial charge in [0.05, 0.1) is 17.6 Å². The van der Waals surface area contributed by atoms with Crippen LogP contribution in [0.4, 0.5) is 5.69 Å². The number of ether oxygens (including phenoxy) is 1. The lowest BCUT2D eigenvalue weighted by atomic mass is 10.1. The molecule has 2 aromatic heterocycles. The van der Waals surface area contributed by atoms with Gasteiger partial charge in [-0.25, -0.2) is 4.98 Å². The van der Waals surface area contributed by atoms with Gasteiger partial charge in [-0.1, -0.05) is 6.92 Å². The molecule has 1 amide bonds. The zero-order valence-electron chi connectivity index (χ0n) is 17.4. The van der Waals surface area contributed by atoms with Gasteiger partial charge in [-0.15, -0.1) is 0 Å². The summed E-state index contributed by atoms with van der Waals surface area (Å²) < 4.78 is 5.97. The van der Waals surface area contributed by atoms with Gasteiger partial charge >= 0.3 is 0 Å². The van der Waals surface area contributed by atoms with E-state index in [2.05, 4.69) is 25.6 Å². The number of hydrogen-bond donors (Lipinski definition) is 3. The molecule has 8 heteroatoms. The van der Waals surface area contributed by atoms with E-state index in [0.717, 1.165) is 43.8 Å². The molecule has 0 aliphatic carbocycles. The molecule has 0 unspecified atom stereocenters. The highest BCUT2D eigenvalue weighted by atomic mass is 16.5. The number of aromatic nitrogens is 3. The Morgan fingerprint density at radius 2 is 1.97 bits per heavy atom. The van der Waals surface area contributed by atoms with Crippen molar-refractivity contribution in [3.05, 3.63) is 70.5 Å². The van der Waals surface area contributed by atoms with E-state index in [4.69, 9.17) is 4.74 Å². The molecule has 1 aliphatic rings. The molecular formula is C23H25N5O3. The van der Waals surface area contributed by atoms with Gasteiger partial charge in [0.1, 0.15) is 17.5 Å². The quantitative estimate of drug-likeness (QED) is 0.567. The second-order valence-corrected chi connectivity index (χ2v) is 7.43. The van der Waals surface area contributed by atoms with Crippen molar-refractivity contribution in [2.45, 2.75) is 32.3 Å². The molecule has 1 aromatic carbocycles. The van der Waals surface area contributed by atoms with Crippen LogP contribution in [0.5, 0.6) is 5.75 Å². The normalized spacial score (nSPS) is 14.2. The molecule has 4 rings (SSSR count). The molecular weight excluding hydrogens is 394 g/mol. The van der Waals surface area contributed by atoms with Crippen LogP contribution in [0.1, 0.15) is 35.8 Å². The van der Waals surface area contributed by atoms with Crippen LogP contribution in [0.25, 0.3) is 11.3 Å². The van der Waals surface area contributed by atoms with Gasteiger partial charge < -0.3 is 20.4 Å². The Kier molecular flexibility index (Phi) is 6.37. The zero-order valence-corrected chi connectivity index (χ0v) is 17.4. The predicted octanol–water partition coefficient (Wildman–Crippen LogP) is 2.78. The van der Waals surface area contributed by atoms with Crippen LogP contribution in [-0.2, 0) is 6.42 Å². The first-order valence-corrected chi connectivity index (χ1v) is 10.4. The van der Waals surface area contributed by atoms with Crippen molar-refractivity contribution < 1.29 is 9.53 Å². The molecule has 0 spiro atoms. The molecule has 0 atom stereocenters. The zero-order chi connectivity index (χ0) is 21.6. The van der Waals surface area contributed by atoms with Crippen molar-refractivity contribution in [3.8, 4) is 17.0 Å². The molecule has 160 valence electrons. The molecule has 1 saturated heterocycles. The summed E-state index contributed by atoms with van der Waals surface area (Å²) >= 11 is 0. The lowest BCUT2D eigenvalue weighted by molar-refractivity contribution is 0.102. The van der Waals surface area contributed by atoms with Crippen LogP contribution in [0.15, 0.2) is 53.7 Å². The molecule has 1 fully saturated rings. The maximum Gasteiger partial charge on any atom is 0.271 e. The average molecular weight is 419 g/mol. The minimum Gasteiger partial charge on any atom is -0.490 e. The van der Waals surface area contributed by atoms with Crippen molar-refractivity contribution in [2.24, 2.45) is 0 Å². The van der Waals surface area contributed by atoms with Crippen molar-refractivity contribution >= 4 is 11.6 Å². The summed E-state index contributed by atoms with van der Waals surface area (Å²) in [6.45, 7) is 3.90. The number of pyridine rings is 1. The van der Waals surface area contributed by atoms with E-state index >= 15 is 0 Å². The van der Waals surface area contributed by atoms with Gasteiger partial charge in [0.15, 0.2) is 0 Å². The highest BCUT2D eigenvalue weighted by molar-refractivity contribution is 6.04.